The van der Waals surface area contributed by atoms with Crippen molar-refractivity contribution >= 4 is 11.6 Å². The fraction of sp³-hybridized carbons (Fsp3) is 0.294. The average Bonchev–Trinajstić information content (AvgIpc) is 2.51. The van der Waals surface area contributed by atoms with Crippen molar-refractivity contribution in [2.75, 3.05) is 18.4 Å². The van der Waals surface area contributed by atoms with Gasteiger partial charge in [-0.2, -0.15) is 13.2 Å². The number of aromatic nitrogens is 1. The van der Waals surface area contributed by atoms with Gasteiger partial charge in [0.1, 0.15) is 11.9 Å². The number of carbonyl (C=O) groups excluding carboxylic acids is 1. The molecule has 1 aromatic heterocycles. The summed E-state index contributed by atoms with van der Waals surface area (Å²) in [6.07, 6.45) is -2.58. The van der Waals surface area contributed by atoms with Gasteiger partial charge in [0.05, 0.1) is 17.4 Å². The van der Waals surface area contributed by atoms with Crippen molar-refractivity contribution in [1.82, 2.24) is 10.3 Å². The first-order valence-corrected chi connectivity index (χ1v) is 7.64. The van der Waals surface area contributed by atoms with Gasteiger partial charge in [-0.05, 0) is 30.7 Å². The molecule has 2 aromatic rings. The van der Waals surface area contributed by atoms with Crippen molar-refractivity contribution in [3.05, 3.63) is 53.3 Å². The van der Waals surface area contributed by atoms with Crippen LogP contribution in [0.4, 0.5) is 18.9 Å². The van der Waals surface area contributed by atoms with E-state index in [0.29, 0.717) is 17.5 Å². The minimum absolute atomic E-state index is 0.0222. The third kappa shape index (κ3) is 4.08. The van der Waals surface area contributed by atoms with Gasteiger partial charge in [0.2, 0.25) is 0 Å². The molecule has 0 radical (unpaired) electrons. The number of aryl methyl sites for hydroxylation is 1. The number of alkyl halides is 3. The summed E-state index contributed by atoms with van der Waals surface area (Å²) in [4.78, 5) is 15.8. The number of benzene rings is 1. The average molecular weight is 351 g/mol. The topological polar surface area (TPSA) is 63.2 Å². The Balaban J connectivity index is 1.76. The number of halogens is 3. The van der Waals surface area contributed by atoms with E-state index in [1.54, 1.807) is 18.2 Å². The second-order valence-corrected chi connectivity index (χ2v) is 5.79. The van der Waals surface area contributed by atoms with Crippen LogP contribution in [0.3, 0.4) is 0 Å². The third-order valence-electron chi connectivity index (χ3n) is 3.81. The summed E-state index contributed by atoms with van der Waals surface area (Å²) in [6.45, 7) is 3.34. The van der Waals surface area contributed by atoms with Gasteiger partial charge in [-0.25, -0.2) is 0 Å². The number of amides is 1. The first kappa shape index (κ1) is 17.2. The minimum Gasteiger partial charge on any atom is -0.487 e. The van der Waals surface area contributed by atoms with Gasteiger partial charge < -0.3 is 15.4 Å². The van der Waals surface area contributed by atoms with Crippen molar-refractivity contribution in [1.29, 1.82) is 0 Å². The Hall–Kier alpha value is -2.61. The van der Waals surface area contributed by atoms with E-state index in [1.807, 2.05) is 6.92 Å². The highest BCUT2D eigenvalue weighted by Crippen LogP contribution is 2.30. The first-order chi connectivity index (χ1) is 11.8. The van der Waals surface area contributed by atoms with Gasteiger partial charge >= 0.3 is 6.18 Å². The smallest absolute Gasteiger partial charge is 0.417 e. The molecule has 8 heteroatoms. The van der Waals surface area contributed by atoms with Crippen LogP contribution in [0.2, 0.25) is 0 Å². The predicted octanol–water partition coefficient (Wildman–Crippen LogP) is 3.01. The van der Waals surface area contributed by atoms with Gasteiger partial charge in [0.15, 0.2) is 0 Å². The molecular weight excluding hydrogens is 335 g/mol. The maximum absolute atomic E-state index is 12.7. The predicted molar refractivity (Wildman–Crippen MR) is 85.7 cm³/mol. The number of hydrogen-bond donors (Lipinski definition) is 2. The summed E-state index contributed by atoms with van der Waals surface area (Å²) in [5.74, 6) is 0.0547. The lowest BCUT2D eigenvalue weighted by Gasteiger charge is -2.28. The summed E-state index contributed by atoms with van der Waals surface area (Å²) < 4.78 is 43.9. The van der Waals surface area contributed by atoms with E-state index in [1.165, 1.54) is 6.20 Å². The molecule has 1 aromatic carbocycles. The van der Waals surface area contributed by atoms with Gasteiger partial charge in [-0.15, -0.1) is 0 Å². The van der Waals surface area contributed by atoms with Gasteiger partial charge in [0, 0.05) is 24.8 Å². The Morgan fingerprint density at radius 3 is 2.68 bits per heavy atom. The highest BCUT2D eigenvalue weighted by Gasteiger charge is 2.31. The highest BCUT2D eigenvalue weighted by molar-refractivity contribution is 6.04. The highest BCUT2D eigenvalue weighted by atomic mass is 19.4. The van der Waals surface area contributed by atoms with Crippen molar-refractivity contribution < 1.29 is 22.7 Å². The number of carbonyl (C=O) groups is 1. The lowest BCUT2D eigenvalue weighted by atomic mass is 10.1. The summed E-state index contributed by atoms with van der Waals surface area (Å²) >= 11 is 0. The molecular formula is C17H16F3N3O2. The van der Waals surface area contributed by atoms with Gasteiger partial charge in [-0.1, -0.05) is 6.07 Å². The van der Waals surface area contributed by atoms with Crippen molar-refractivity contribution in [2.45, 2.75) is 19.2 Å². The molecule has 0 atom stereocenters. The third-order valence-corrected chi connectivity index (χ3v) is 3.81. The Morgan fingerprint density at radius 2 is 2.04 bits per heavy atom. The summed E-state index contributed by atoms with van der Waals surface area (Å²) in [5, 5.41) is 5.51. The molecule has 1 saturated heterocycles. The molecule has 3 rings (SSSR count). The van der Waals surface area contributed by atoms with E-state index in [2.05, 4.69) is 15.6 Å². The van der Waals surface area contributed by atoms with Crippen LogP contribution in [0, 0.1) is 6.92 Å². The van der Waals surface area contributed by atoms with Crippen molar-refractivity contribution in [3.8, 4) is 5.75 Å². The largest absolute Gasteiger partial charge is 0.487 e. The number of pyridine rings is 1. The van der Waals surface area contributed by atoms with Crippen LogP contribution in [0.1, 0.15) is 21.5 Å². The van der Waals surface area contributed by atoms with Crippen molar-refractivity contribution in [3.63, 3.8) is 0 Å². The van der Waals surface area contributed by atoms with Gasteiger partial charge in [-0.3, -0.25) is 9.78 Å². The van der Waals surface area contributed by atoms with E-state index >= 15 is 0 Å². The summed E-state index contributed by atoms with van der Waals surface area (Å²) in [7, 11) is 0. The second-order valence-electron chi connectivity index (χ2n) is 5.79. The van der Waals surface area contributed by atoms with E-state index in [-0.39, 0.29) is 11.8 Å². The molecule has 132 valence electrons. The SMILES string of the molecule is Cc1ccc(C(=O)Nc2cncc(C(F)(F)F)c2)cc1OC1CNC1. The normalized spacial score (nSPS) is 14.7. The standard InChI is InChI=1S/C17H16F3N3O2/c1-10-2-3-11(4-15(10)25-14-8-22-9-14)16(24)23-13-5-12(6-21-7-13)17(18,19)20/h2-7,14,22H,8-9H2,1H3,(H,23,24). The van der Waals surface area contributed by atoms with E-state index in [0.717, 1.165) is 24.7 Å². The van der Waals surface area contributed by atoms with E-state index < -0.39 is 17.6 Å². The molecule has 2 heterocycles. The molecule has 1 aliphatic heterocycles. The Labute approximate surface area is 142 Å². The van der Waals surface area contributed by atoms with Crippen LogP contribution < -0.4 is 15.4 Å². The molecule has 2 N–H and O–H groups in total. The first-order valence-electron chi connectivity index (χ1n) is 7.64. The van der Waals surface area contributed by atoms with Crippen LogP contribution in [0.5, 0.6) is 5.75 Å². The van der Waals surface area contributed by atoms with Crippen LogP contribution in [0.15, 0.2) is 36.7 Å². The molecule has 0 aliphatic carbocycles. The quantitative estimate of drug-likeness (QED) is 0.889. The number of ether oxygens (including phenoxy) is 1. The van der Waals surface area contributed by atoms with E-state index in [9.17, 15) is 18.0 Å². The molecule has 1 amide bonds. The Kier molecular flexibility index (Phi) is 4.63. The van der Waals surface area contributed by atoms with E-state index in [4.69, 9.17) is 4.74 Å². The summed E-state index contributed by atoms with van der Waals surface area (Å²) in [5.41, 5.74) is 0.233. The van der Waals surface area contributed by atoms with Crippen LogP contribution >= 0.6 is 0 Å². The Morgan fingerprint density at radius 1 is 1.28 bits per heavy atom. The fourth-order valence-electron chi connectivity index (χ4n) is 2.26. The van der Waals surface area contributed by atoms with Crippen LogP contribution in [-0.2, 0) is 6.18 Å². The molecule has 25 heavy (non-hydrogen) atoms. The molecule has 5 nitrogen and oxygen atoms in total. The van der Waals surface area contributed by atoms with Crippen molar-refractivity contribution in [2.24, 2.45) is 0 Å². The maximum atomic E-state index is 12.7. The Bertz CT molecular complexity index is 789. The lowest BCUT2D eigenvalue weighted by Crippen LogP contribution is -2.50. The fourth-order valence-corrected chi connectivity index (χ4v) is 2.26. The number of anilines is 1. The number of nitrogens with one attached hydrogen (secondary N) is 2. The monoisotopic (exact) mass is 351 g/mol. The van der Waals surface area contributed by atoms with Gasteiger partial charge in [0.25, 0.3) is 5.91 Å². The zero-order valence-electron chi connectivity index (χ0n) is 13.4. The molecule has 1 aliphatic rings. The van der Waals surface area contributed by atoms with Crippen LogP contribution in [-0.4, -0.2) is 30.1 Å². The maximum Gasteiger partial charge on any atom is 0.417 e. The van der Waals surface area contributed by atoms with Crippen LogP contribution in [0.25, 0.3) is 0 Å². The number of rotatable bonds is 4. The number of nitrogens with zero attached hydrogens (tertiary/aromatic N) is 1. The number of hydrogen-bond acceptors (Lipinski definition) is 4. The molecule has 1 fully saturated rings. The second kappa shape index (κ2) is 6.72. The lowest BCUT2D eigenvalue weighted by molar-refractivity contribution is -0.137. The zero-order chi connectivity index (χ0) is 18.0. The minimum atomic E-state index is -4.52. The molecule has 0 saturated carbocycles. The molecule has 0 unspecified atom stereocenters. The molecule has 0 bridgehead atoms. The summed E-state index contributed by atoms with van der Waals surface area (Å²) in [6, 6.07) is 5.76. The zero-order valence-corrected chi connectivity index (χ0v) is 13.4. The molecule has 0 spiro atoms.